The van der Waals surface area contributed by atoms with E-state index in [1.165, 1.54) is 0 Å². The molecule has 1 aliphatic heterocycles. The summed E-state index contributed by atoms with van der Waals surface area (Å²) in [6, 6.07) is 10.1. The predicted octanol–water partition coefficient (Wildman–Crippen LogP) is 1.75. The van der Waals surface area contributed by atoms with E-state index in [0.29, 0.717) is 0 Å². The van der Waals surface area contributed by atoms with Gasteiger partial charge in [-0.3, -0.25) is 0 Å². The van der Waals surface area contributed by atoms with E-state index in [2.05, 4.69) is 30.1 Å². The Morgan fingerprint density at radius 2 is 2.00 bits per heavy atom. The Hall–Kier alpha value is -0.901. The van der Waals surface area contributed by atoms with Crippen LogP contribution in [0.2, 0.25) is 0 Å². The molecule has 0 atom stereocenters. The number of benzene rings is 1. The minimum absolute atomic E-state index is 0.801. The second kappa shape index (κ2) is 4.17. The molecule has 1 aromatic carbocycles. The van der Waals surface area contributed by atoms with Crippen molar-refractivity contribution in [3.63, 3.8) is 0 Å². The molecular weight excluding hydrogens is 285 g/mol. The maximum absolute atomic E-state index is 4.58. The van der Waals surface area contributed by atoms with Crippen LogP contribution in [0.5, 0.6) is 0 Å². The van der Waals surface area contributed by atoms with Crippen LogP contribution in [0.4, 0.5) is 0 Å². The van der Waals surface area contributed by atoms with Gasteiger partial charge >= 0.3 is 105 Å². The minimum atomic E-state index is 0.801. The Labute approximate surface area is 105 Å². The van der Waals surface area contributed by atoms with E-state index in [9.17, 15) is 0 Å². The molecule has 2 aromatic rings. The summed E-state index contributed by atoms with van der Waals surface area (Å²) in [4.78, 5) is 9.08. The van der Waals surface area contributed by atoms with Crippen molar-refractivity contribution < 1.29 is 0 Å². The fourth-order valence-electron chi connectivity index (χ4n) is 1.65. The third kappa shape index (κ3) is 1.75. The second-order valence-corrected chi connectivity index (χ2v) is 5.31. The number of rotatable bonds is 1. The molecule has 80 valence electrons. The van der Waals surface area contributed by atoms with Gasteiger partial charge in [-0.1, -0.05) is 0 Å². The van der Waals surface area contributed by atoms with E-state index >= 15 is 0 Å². The average Bonchev–Trinajstić information content (AvgIpc) is 2.79. The van der Waals surface area contributed by atoms with Gasteiger partial charge in [-0.05, 0) is 0 Å². The standard InChI is InChI=1S/C11H9N3SSe/c16-11-13-9(8-4-2-1-3-5-8)12-10-14(11)6-7-15-10/h1-5H,6-7H2. The molecule has 0 N–H and O–H groups in total. The first kappa shape index (κ1) is 10.3. The first-order valence-electron chi connectivity index (χ1n) is 5.02. The van der Waals surface area contributed by atoms with Crippen LogP contribution in [0.15, 0.2) is 35.5 Å². The molecule has 0 amide bonds. The van der Waals surface area contributed by atoms with Crippen LogP contribution in [-0.4, -0.2) is 35.9 Å². The summed E-state index contributed by atoms with van der Waals surface area (Å²) in [5.74, 6) is 1.89. The van der Waals surface area contributed by atoms with E-state index in [4.69, 9.17) is 0 Å². The number of fused-ring (bicyclic) bond motifs is 1. The summed E-state index contributed by atoms with van der Waals surface area (Å²) < 4.78 is 3.05. The molecule has 0 saturated carbocycles. The first-order chi connectivity index (χ1) is 7.84. The van der Waals surface area contributed by atoms with Crippen molar-refractivity contribution in [3.05, 3.63) is 34.7 Å². The van der Waals surface area contributed by atoms with Crippen LogP contribution in [0.25, 0.3) is 11.4 Å². The molecule has 0 radical (unpaired) electrons. The SMILES string of the molecule is [Se]=c1nc(-c2ccccc2)nc2n1CCS2. The van der Waals surface area contributed by atoms with Crippen LogP contribution in [0, 0.1) is 4.32 Å². The molecule has 1 aromatic heterocycles. The summed E-state index contributed by atoms with van der Waals surface area (Å²) in [6.07, 6.45) is 0. The molecule has 0 fully saturated rings. The zero-order chi connectivity index (χ0) is 11.0. The molecule has 0 saturated heterocycles. The van der Waals surface area contributed by atoms with Crippen molar-refractivity contribution >= 4 is 27.3 Å². The predicted molar refractivity (Wildman–Crippen MR) is 65.2 cm³/mol. The molecule has 0 aliphatic carbocycles. The molecule has 3 nitrogen and oxygen atoms in total. The monoisotopic (exact) mass is 295 g/mol. The molecule has 0 unspecified atom stereocenters. The average molecular weight is 294 g/mol. The van der Waals surface area contributed by atoms with Crippen molar-refractivity contribution in [2.45, 2.75) is 11.7 Å². The normalized spacial score (nSPS) is 13.8. The number of thioether (sulfide) groups is 1. The van der Waals surface area contributed by atoms with Crippen molar-refractivity contribution in [1.82, 2.24) is 14.5 Å². The molecule has 0 spiro atoms. The molecular formula is C11H9N3SSe. The van der Waals surface area contributed by atoms with E-state index in [1.807, 2.05) is 30.3 Å². The molecule has 2 heterocycles. The summed E-state index contributed by atoms with van der Waals surface area (Å²) in [5.41, 5.74) is 1.06. The molecule has 0 bridgehead atoms. The Bertz CT molecular complexity index is 580. The number of aromatic nitrogens is 3. The quantitative estimate of drug-likeness (QED) is 0.751. The molecule has 5 heteroatoms. The van der Waals surface area contributed by atoms with Gasteiger partial charge in [0, 0.05) is 0 Å². The Morgan fingerprint density at radius 3 is 2.81 bits per heavy atom. The number of hydrogen-bond donors (Lipinski definition) is 0. The van der Waals surface area contributed by atoms with Gasteiger partial charge in [0.15, 0.2) is 0 Å². The van der Waals surface area contributed by atoms with E-state index < -0.39 is 0 Å². The summed E-state index contributed by atoms with van der Waals surface area (Å²) in [7, 11) is 0. The fraction of sp³-hybridized carbons (Fsp3) is 0.182. The Kier molecular flexibility index (Phi) is 2.67. The zero-order valence-corrected chi connectivity index (χ0v) is 11.0. The van der Waals surface area contributed by atoms with Crippen LogP contribution in [0.1, 0.15) is 0 Å². The van der Waals surface area contributed by atoms with Gasteiger partial charge < -0.3 is 0 Å². The van der Waals surface area contributed by atoms with Gasteiger partial charge in [-0.15, -0.1) is 0 Å². The molecule has 3 rings (SSSR count). The first-order valence-corrected chi connectivity index (χ1v) is 6.86. The van der Waals surface area contributed by atoms with Gasteiger partial charge in [0.1, 0.15) is 0 Å². The van der Waals surface area contributed by atoms with Crippen LogP contribution < -0.4 is 0 Å². The third-order valence-corrected chi connectivity index (χ3v) is 4.05. The van der Waals surface area contributed by atoms with E-state index in [1.54, 1.807) is 11.8 Å². The topological polar surface area (TPSA) is 30.7 Å². The van der Waals surface area contributed by atoms with Gasteiger partial charge in [0.2, 0.25) is 0 Å². The van der Waals surface area contributed by atoms with Crippen molar-refractivity contribution in [3.8, 4) is 11.4 Å². The second-order valence-electron chi connectivity index (χ2n) is 3.48. The summed E-state index contributed by atoms with van der Waals surface area (Å²) in [6.45, 7) is 0.997. The third-order valence-electron chi connectivity index (χ3n) is 2.44. The van der Waals surface area contributed by atoms with Gasteiger partial charge in [-0.25, -0.2) is 0 Å². The fourth-order valence-corrected chi connectivity index (χ4v) is 3.28. The van der Waals surface area contributed by atoms with Gasteiger partial charge in [-0.2, -0.15) is 0 Å². The molecule has 16 heavy (non-hydrogen) atoms. The molecule has 1 aliphatic rings. The van der Waals surface area contributed by atoms with Crippen LogP contribution in [-0.2, 0) is 6.54 Å². The van der Waals surface area contributed by atoms with Crippen LogP contribution in [0.3, 0.4) is 0 Å². The summed E-state index contributed by atoms with van der Waals surface area (Å²) in [5, 5.41) is 1.06. The maximum atomic E-state index is 4.58. The zero-order valence-electron chi connectivity index (χ0n) is 8.46. The van der Waals surface area contributed by atoms with E-state index in [0.717, 1.165) is 33.2 Å². The van der Waals surface area contributed by atoms with Crippen LogP contribution >= 0.6 is 11.8 Å². The summed E-state index contributed by atoms with van der Waals surface area (Å²) >= 11 is 4.79. The number of hydrogen-bond acceptors (Lipinski definition) is 3. The van der Waals surface area contributed by atoms with Gasteiger partial charge in [0.25, 0.3) is 0 Å². The Morgan fingerprint density at radius 1 is 1.19 bits per heavy atom. The Balaban J connectivity index is 2.17. The van der Waals surface area contributed by atoms with Crippen molar-refractivity contribution in [1.29, 1.82) is 0 Å². The van der Waals surface area contributed by atoms with Crippen molar-refractivity contribution in [2.24, 2.45) is 0 Å². The van der Waals surface area contributed by atoms with E-state index in [-0.39, 0.29) is 0 Å². The van der Waals surface area contributed by atoms with Gasteiger partial charge in [0.05, 0.1) is 0 Å². The van der Waals surface area contributed by atoms with Crippen molar-refractivity contribution in [2.75, 3.05) is 5.75 Å². The number of nitrogens with zero attached hydrogens (tertiary/aromatic N) is 3.